The molecule has 2 aromatic rings. The van der Waals surface area contributed by atoms with Crippen LogP contribution in [0.25, 0.3) is 11.3 Å². The van der Waals surface area contributed by atoms with Crippen LogP contribution in [0, 0.1) is 0 Å². The summed E-state index contributed by atoms with van der Waals surface area (Å²) in [4.78, 5) is 0. The van der Waals surface area contributed by atoms with Crippen LogP contribution in [0.15, 0.2) is 78.9 Å². The molecule has 1 aliphatic heterocycles. The summed E-state index contributed by atoms with van der Waals surface area (Å²) < 4.78 is 0. The van der Waals surface area contributed by atoms with Gasteiger partial charge in [0, 0.05) is 5.70 Å². The molecule has 1 unspecified atom stereocenters. The molecule has 1 N–H and O–H groups in total. The van der Waals surface area contributed by atoms with E-state index in [1.807, 2.05) is 0 Å². The van der Waals surface area contributed by atoms with Crippen LogP contribution < -0.4 is 5.32 Å². The maximum absolute atomic E-state index is 3.57. The van der Waals surface area contributed by atoms with Crippen molar-refractivity contribution in [2.75, 3.05) is 0 Å². The fourth-order valence-electron chi connectivity index (χ4n) is 3.08. The SMILES string of the molecule is C1=CCCC(c2cccc(C3C=C(c4ccccc4)N3)c2)=C1. The lowest BCUT2D eigenvalue weighted by Gasteiger charge is -2.29. The van der Waals surface area contributed by atoms with Gasteiger partial charge in [-0.05, 0) is 47.2 Å². The molecule has 0 saturated heterocycles. The van der Waals surface area contributed by atoms with Gasteiger partial charge >= 0.3 is 0 Å². The van der Waals surface area contributed by atoms with Crippen molar-refractivity contribution in [2.45, 2.75) is 18.9 Å². The molecule has 108 valence electrons. The fraction of sp³-hybridized carbons (Fsp3) is 0.143. The van der Waals surface area contributed by atoms with E-state index in [1.54, 1.807) is 0 Å². The average molecular weight is 285 g/mol. The van der Waals surface area contributed by atoms with Gasteiger partial charge in [-0.2, -0.15) is 0 Å². The lowest BCUT2D eigenvalue weighted by atomic mass is 9.91. The van der Waals surface area contributed by atoms with Crippen LogP contribution in [0.2, 0.25) is 0 Å². The van der Waals surface area contributed by atoms with Gasteiger partial charge < -0.3 is 5.32 Å². The van der Waals surface area contributed by atoms with Gasteiger partial charge in [0.1, 0.15) is 0 Å². The molecule has 22 heavy (non-hydrogen) atoms. The molecule has 1 heteroatoms. The molecule has 0 radical (unpaired) electrons. The summed E-state index contributed by atoms with van der Waals surface area (Å²) >= 11 is 0. The molecule has 0 amide bonds. The average Bonchev–Trinajstić information content (AvgIpc) is 2.56. The second-order valence-electron chi connectivity index (χ2n) is 5.85. The Bertz CT molecular complexity index is 766. The van der Waals surface area contributed by atoms with E-state index in [2.05, 4.69) is 84.2 Å². The third-order valence-corrected chi connectivity index (χ3v) is 4.36. The molecule has 1 aliphatic carbocycles. The minimum Gasteiger partial charge on any atom is -0.374 e. The highest BCUT2D eigenvalue weighted by Gasteiger charge is 2.20. The Morgan fingerprint density at radius 2 is 1.73 bits per heavy atom. The highest BCUT2D eigenvalue weighted by molar-refractivity contribution is 5.72. The first-order chi connectivity index (χ1) is 10.9. The van der Waals surface area contributed by atoms with E-state index in [9.17, 15) is 0 Å². The fourth-order valence-corrected chi connectivity index (χ4v) is 3.08. The van der Waals surface area contributed by atoms with Gasteiger partial charge in [-0.15, -0.1) is 0 Å². The third kappa shape index (κ3) is 2.50. The third-order valence-electron chi connectivity index (χ3n) is 4.36. The number of rotatable bonds is 3. The Morgan fingerprint density at radius 1 is 0.909 bits per heavy atom. The van der Waals surface area contributed by atoms with Gasteiger partial charge in [0.15, 0.2) is 0 Å². The number of benzene rings is 2. The second-order valence-corrected chi connectivity index (χ2v) is 5.85. The van der Waals surface area contributed by atoms with E-state index in [1.165, 1.54) is 28.0 Å². The molecule has 0 fully saturated rings. The topological polar surface area (TPSA) is 12.0 Å². The molecular weight excluding hydrogens is 266 g/mol. The molecule has 2 aromatic carbocycles. The summed E-state index contributed by atoms with van der Waals surface area (Å²) in [5.41, 5.74) is 6.62. The van der Waals surface area contributed by atoms with Crippen LogP contribution in [0.3, 0.4) is 0 Å². The van der Waals surface area contributed by atoms with Crippen molar-refractivity contribution in [1.29, 1.82) is 0 Å². The van der Waals surface area contributed by atoms with Gasteiger partial charge in [0.05, 0.1) is 6.04 Å². The molecule has 0 saturated carbocycles. The first-order valence-corrected chi connectivity index (χ1v) is 7.90. The van der Waals surface area contributed by atoms with Crippen molar-refractivity contribution < 1.29 is 0 Å². The van der Waals surface area contributed by atoms with Crippen LogP contribution in [-0.2, 0) is 0 Å². The zero-order valence-electron chi connectivity index (χ0n) is 12.5. The van der Waals surface area contributed by atoms with Crippen LogP contribution in [-0.4, -0.2) is 0 Å². The van der Waals surface area contributed by atoms with Crippen molar-refractivity contribution in [3.63, 3.8) is 0 Å². The second kappa shape index (κ2) is 5.69. The van der Waals surface area contributed by atoms with E-state index in [-0.39, 0.29) is 0 Å². The summed E-state index contributed by atoms with van der Waals surface area (Å²) in [6.07, 6.45) is 11.2. The van der Waals surface area contributed by atoms with Gasteiger partial charge in [0.2, 0.25) is 0 Å². The number of nitrogens with one attached hydrogen (secondary N) is 1. The van der Waals surface area contributed by atoms with Crippen LogP contribution in [0.5, 0.6) is 0 Å². The van der Waals surface area contributed by atoms with E-state index >= 15 is 0 Å². The maximum Gasteiger partial charge on any atom is 0.0721 e. The molecule has 2 aliphatic rings. The molecule has 0 aromatic heterocycles. The van der Waals surface area contributed by atoms with E-state index < -0.39 is 0 Å². The normalized spacial score (nSPS) is 19.7. The molecule has 4 rings (SSSR count). The molecular formula is C21H19N. The van der Waals surface area contributed by atoms with E-state index in [0.717, 1.165) is 12.8 Å². The molecule has 1 atom stereocenters. The van der Waals surface area contributed by atoms with Crippen LogP contribution in [0.1, 0.15) is 35.6 Å². The zero-order chi connectivity index (χ0) is 14.8. The largest absolute Gasteiger partial charge is 0.374 e. The maximum atomic E-state index is 3.57. The number of allylic oxidation sites excluding steroid dienone is 4. The van der Waals surface area contributed by atoms with Gasteiger partial charge in [-0.3, -0.25) is 0 Å². The number of hydrogen-bond acceptors (Lipinski definition) is 1. The van der Waals surface area contributed by atoms with Gasteiger partial charge in [-0.1, -0.05) is 66.8 Å². The predicted molar refractivity (Wildman–Crippen MR) is 93.1 cm³/mol. The van der Waals surface area contributed by atoms with Gasteiger partial charge in [0.25, 0.3) is 0 Å². The lowest BCUT2D eigenvalue weighted by molar-refractivity contribution is 0.710. The predicted octanol–water partition coefficient (Wildman–Crippen LogP) is 5.11. The van der Waals surface area contributed by atoms with Crippen molar-refractivity contribution in [3.8, 4) is 0 Å². The smallest absolute Gasteiger partial charge is 0.0721 e. The summed E-state index contributed by atoms with van der Waals surface area (Å²) in [6, 6.07) is 19.7. The van der Waals surface area contributed by atoms with Gasteiger partial charge in [-0.25, -0.2) is 0 Å². The monoisotopic (exact) mass is 285 g/mol. The van der Waals surface area contributed by atoms with Crippen molar-refractivity contribution in [1.82, 2.24) is 5.32 Å². The summed E-state index contributed by atoms with van der Waals surface area (Å²) in [5.74, 6) is 0. The quantitative estimate of drug-likeness (QED) is 0.826. The Morgan fingerprint density at radius 3 is 2.50 bits per heavy atom. The van der Waals surface area contributed by atoms with Crippen LogP contribution >= 0.6 is 0 Å². The Labute approximate surface area is 131 Å². The van der Waals surface area contributed by atoms with E-state index in [0.29, 0.717) is 6.04 Å². The van der Waals surface area contributed by atoms with Crippen molar-refractivity contribution >= 4 is 11.3 Å². The summed E-state index contributed by atoms with van der Waals surface area (Å²) in [6.45, 7) is 0. The minimum absolute atomic E-state index is 0.329. The lowest BCUT2D eigenvalue weighted by Crippen LogP contribution is -2.27. The molecule has 1 nitrogen and oxygen atoms in total. The van der Waals surface area contributed by atoms with Crippen LogP contribution in [0.4, 0.5) is 0 Å². The summed E-state index contributed by atoms with van der Waals surface area (Å²) in [5, 5.41) is 3.57. The molecule has 0 bridgehead atoms. The Balaban J connectivity index is 1.57. The van der Waals surface area contributed by atoms with Crippen molar-refractivity contribution in [3.05, 3.63) is 95.6 Å². The van der Waals surface area contributed by atoms with E-state index in [4.69, 9.17) is 0 Å². The highest BCUT2D eigenvalue weighted by atomic mass is 15.0. The number of hydrogen-bond donors (Lipinski definition) is 1. The Kier molecular flexibility index (Phi) is 3.40. The van der Waals surface area contributed by atoms with Crippen molar-refractivity contribution in [2.24, 2.45) is 0 Å². The Hall–Kier alpha value is -2.54. The first kappa shape index (κ1) is 13.1. The highest BCUT2D eigenvalue weighted by Crippen LogP contribution is 2.32. The standard InChI is InChI=1S/C21H19N/c1-3-8-16(9-4-1)18-12-7-13-19(14-18)21-15-20(22-21)17-10-5-2-6-11-17/h1-3,5-8,10-15,21-22H,4,9H2. The first-order valence-electron chi connectivity index (χ1n) is 7.90. The zero-order valence-corrected chi connectivity index (χ0v) is 12.5. The molecule has 0 spiro atoms. The summed E-state index contributed by atoms with van der Waals surface area (Å²) in [7, 11) is 0. The minimum atomic E-state index is 0.329. The molecule has 1 heterocycles.